The Morgan fingerprint density at radius 3 is 2.27 bits per heavy atom. The highest BCUT2D eigenvalue weighted by atomic mass is 32.2. The summed E-state index contributed by atoms with van der Waals surface area (Å²) in [7, 11) is -3.80. The molecule has 1 atom stereocenters. The van der Waals surface area contributed by atoms with Gasteiger partial charge in [0.2, 0.25) is 10.0 Å². The molecule has 0 heterocycles. The van der Waals surface area contributed by atoms with Crippen LogP contribution < -0.4 is 10.5 Å². The zero-order valence-electron chi connectivity index (χ0n) is 14.0. The summed E-state index contributed by atoms with van der Waals surface area (Å²) in [5.74, 6) is -1.20. The number of hydrogen-bond donors (Lipinski definition) is 2. The van der Waals surface area contributed by atoms with E-state index < -0.39 is 28.0 Å². The predicted molar refractivity (Wildman–Crippen MR) is 97.5 cm³/mol. The highest BCUT2D eigenvalue weighted by Crippen LogP contribution is 2.13. The number of carbonyl (C=O) groups is 2. The van der Waals surface area contributed by atoms with Gasteiger partial charge in [-0.05, 0) is 42.8 Å². The number of rotatable bonds is 6. The molecule has 2 aromatic rings. The molecular weight excluding hydrogens is 356 g/mol. The molecule has 1 unspecified atom stereocenters. The molecule has 3 N–H and O–H groups in total. The fourth-order valence-electron chi connectivity index (χ4n) is 1.97. The van der Waals surface area contributed by atoms with Crippen LogP contribution in [0, 0.1) is 0 Å². The van der Waals surface area contributed by atoms with Crippen LogP contribution in [0.2, 0.25) is 0 Å². The molecule has 0 spiro atoms. The van der Waals surface area contributed by atoms with Crippen molar-refractivity contribution in [1.82, 2.24) is 0 Å². The average Bonchev–Trinajstić information content (AvgIpc) is 2.60. The fraction of sp³-hybridized carbons (Fsp3) is 0.111. The van der Waals surface area contributed by atoms with Gasteiger partial charge in [0.15, 0.2) is 6.10 Å². The predicted octanol–water partition coefficient (Wildman–Crippen LogP) is 1.92. The number of sulfonamides is 1. The molecule has 7 nitrogen and oxygen atoms in total. The standard InChI is InChI=1S/C18H18N2O5S/c1-13(25-17(21)12-7-14-5-3-2-4-6-14)18(22)20-15-8-10-16(11-9-15)26(19,23)24/h2-13H,1H3,(H,20,22)(H2,19,23,24)/b12-7+. The van der Waals surface area contributed by atoms with Crippen molar-refractivity contribution < 1.29 is 22.7 Å². The molecule has 2 rings (SSSR count). The Kier molecular flexibility index (Phi) is 6.26. The Bertz CT molecular complexity index is 906. The molecule has 1 amide bonds. The van der Waals surface area contributed by atoms with Gasteiger partial charge in [0.1, 0.15) is 0 Å². The van der Waals surface area contributed by atoms with Crippen molar-refractivity contribution in [1.29, 1.82) is 0 Å². The van der Waals surface area contributed by atoms with E-state index >= 15 is 0 Å². The molecule has 0 aromatic heterocycles. The smallest absolute Gasteiger partial charge is 0.331 e. The number of hydrogen-bond acceptors (Lipinski definition) is 5. The molecule has 26 heavy (non-hydrogen) atoms. The quantitative estimate of drug-likeness (QED) is 0.592. The lowest BCUT2D eigenvalue weighted by molar-refractivity contribution is -0.148. The van der Waals surface area contributed by atoms with E-state index in [-0.39, 0.29) is 4.90 Å². The number of primary sulfonamides is 1. The van der Waals surface area contributed by atoms with E-state index in [1.165, 1.54) is 37.3 Å². The van der Waals surface area contributed by atoms with Crippen LogP contribution in [0.5, 0.6) is 0 Å². The number of nitrogens with one attached hydrogen (secondary N) is 1. The van der Waals surface area contributed by atoms with Crippen molar-refractivity contribution in [3.63, 3.8) is 0 Å². The van der Waals surface area contributed by atoms with Gasteiger partial charge in [-0.3, -0.25) is 4.79 Å². The molecule has 8 heteroatoms. The van der Waals surface area contributed by atoms with E-state index in [1.54, 1.807) is 6.08 Å². The van der Waals surface area contributed by atoms with Crippen molar-refractivity contribution in [2.45, 2.75) is 17.9 Å². The minimum Gasteiger partial charge on any atom is -0.449 e. The minimum atomic E-state index is -3.80. The Labute approximate surface area is 151 Å². The van der Waals surface area contributed by atoms with Crippen LogP contribution in [0.3, 0.4) is 0 Å². The summed E-state index contributed by atoms with van der Waals surface area (Å²) in [6.07, 6.45) is 1.79. The largest absolute Gasteiger partial charge is 0.449 e. The Morgan fingerprint density at radius 2 is 1.69 bits per heavy atom. The lowest BCUT2D eigenvalue weighted by atomic mass is 10.2. The number of nitrogens with two attached hydrogens (primary N) is 1. The van der Waals surface area contributed by atoms with Crippen molar-refractivity contribution in [2.75, 3.05) is 5.32 Å². The number of ether oxygens (including phenoxy) is 1. The van der Waals surface area contributed by atoms with Gasteiger partial charge < -0.3 is 10.1 Å². The molecule has 0 aliphatic rings. The van der Waals surface area contributed by atoms with Crippen LogP contribution in [0.15, 0.2) is 65.6 Å². The fourth-order valence-corrected chi connectivity index (χ4v) is 2.48. The maximum Gasteiger partial charge on any atom is 0.331 e. The molecule has 0 saturated heterocycles. The third kappa shape index (κ3) is 5.83. The molecule has 0 fully saturated rings. The van der Waals surface area contributed by atoms with Crippen molar-refractivity contribution in [2.24, 2.45) is 5.14 Å². The van der Waals surface area contributed by atoms with Crippen molar-refractivity contribution in [3.8, 4) is 0 Å². The maximum absolute atomic E-state index is 12.0. The van der Waals surface area contributed by atoms with E-state index in [0.717, 1.165) is 5.56 Å². The molecule has 0 saturated carbocycles. The van der Waals surface area contributed by atoms with Crippen LogP contribution in [-0.2, 0) is 24.3 Å². The van der Waals surface area contributed by atoms with Gasteiger partial charge in [0.05, 0.1) is 4.90 Å². The first-order valence-electron chi connectivity index (χ1n) is 7.63. The van der Waals surface area contributed by atoms with E-state index in [0.29, 0.717) is 5.69 Å². The summed E-state index contributed by atoms with van der Waals surface area (Å²) >= 11 is 0. The van der Waals surface area contributed by atoms with E-state index in [4.69, 9.17) is 9.88 Å². The summed E-state index contributed by atoms with van der Waals surface area (Å²) in [4.78, 5) is 23.7. The lowest BCUT2D eigenvalue weighted by Crippen LogP contribution is -2.29. The lowest BCUT2D eigenvalue weighted by Gasteiger charge is -2.12. The maximum atomic E-state index is 12.0. The summed E-state index contributed by atoms with van der Waals surface area (Å²) < 4.78 is 27.4. The Morgan fingerprint density at radius 1 is 1.08 bits per heavy atom. The number of esters is 1. The summed E-state index contributed by atoms with van der Waals surface area (Å²) in [5, 5.41) is 7.53. The normalized spacial score (nSPS) is 12.5. The first kappa shape index (κ1) is 19.4. The summed E-state index contributed by atoms with van der Waals surface area (Å²) in [5.41, 5.74) is 1.18. The van der Waals surface area contributed by atoms with Gasteiger partial charge in [-0.1, -0.05) is 30.3 Å². The molecule has 0 bridgehead atoms. The van der Waals surface area contributed by atoms with Crippen LogP contribution in [0.25, 0.3) is 6.08 Å². The molecule has 0 aliphatic carbocycles. The summed E-state index contributed by atoms with van der Waals surface area (Å²) in [6.45, 7) is 1.43. The van der Waals surface area contributed by atoms with Crippen molar-refractivity contribution >= 4 is 33.7 Å². The monoisotopic (exact) mass is 374 g/mol. The topological polar surface area (TPSA) is 116 Å². The van der Waals surface area contributed by atoms with Crippen molar-refractivity contribution in [3.05, 3.63) is 66.2 Å². The molecule has 2 aromatic carbocycles. The SMILES string of the molecule is CC(OC(=O)/C=C/c1ccccc1)C(=O)Nc1ccc(S(N)(=O)=O)cc1. The van der Waals surface area contributed by atoms with Gasteiger partial charge >= 0.3 is 5.97 Å². The highest BCUT2D eigenvalue weighted by Gasteiger charge is 2.17. The van der Waals surface area contributed by atoms with Crippen LogP contribution in [-0.4, -0.2) is 26.4 Å². The number of carbonyl (C=O) groups excluding carboxylic acids is 2. The average molecular weight is 374 g/mol. The second-order valence-electron chi connectivity index (χ2n) is 5.38. The minimum absolute atomic E-state index is 0.0685. The first-order valence-corrected chi connectivity index (χ1v) is 9.18. The highest BCUT2D eigenvalue weighted by molar-refractivity contribution is 7.89. The van der Waals surface area contributed by atoms with Gasteiger partial charge in [-0.15, -0.1) is 0 Å². The molecular formula is C18H18N2O5S. The number of amides is 1. The van der Waals surface area contributed by atoms with Gasteiger partial charge in [-0.2, -0.15) is 0 Å². The second-order valence-corrected chi connectivity index (χ2v) is 6.94. The molecule has 0 radical (unpaired) electrons. The molecule has 0 aliphatic heterocycles. The van der Waals surface area contributed by atoms with Crippen LogP contribution in [0.4, 0.5) is 5.69 Å². The Hall–Kier alpha value is -2.97. The van der Waals surface area contributed by atoms with E-state index in [1.807, 2.05) is 30.3 Å². The zero-order chi connectivity index (χ0) is 19.2. The molecule has 136 valence electrons. The summed E-state index contributed by atoms with van der Waals surface area (Å²) in [6, 6.07) is 14.5. The van der Waals surface area contributed by atoms with Gasteiger partial charge in [-0.25, -0.2) is 18.4 Å². The number of anilines is 1. The third-order valence-corrected chi connectivity index (χ3v) is 4.25. The first-order chi connectivity index (χ1) is 12.3. The van der Waals surface area contributed by atoms with E-state index in [2.05, 4.69) is 5.32 Å². The van der Waals surface area contributed by atoms with E-state index in [9.17, 15) is 18.0 Å². The van der Waals surface area contributed by atoms with Crippen LogP contribution in [0.1, 0.15) is 12.5 Å². The van der Waals surface area contributed by atoms with Gasteiger partial charge in [0, 0.05) is 11.8 Å². The zero-order valence-corrected chi connectivity index (χ0v) is 14.8. The second kappa shape index (κ2) is 8.41. The Balaban J connectivity index is 1.91. The number of benzene rings is 2. The van der Waals surface area contributed by atoms with Gasteiger partial charge in [0.25, 0.3) is 5.91 Å². The third-order valence-electron chi connectivity index (χ3n) is 3.32. The van der Waals surface area contributed by atoms with Crippen LogP contribution >= 0.6 is 0 Å².